The first-order valence-electron chi connectivity index (χ1n) is 8.97. The van der Waals surface area contributed by atoms with Crippen molar-refractivity contribution in [2.24, 2.45) is 11.8 Å². The number of hydrogen-bond acceptors (Lipinski definition) is 5. The Hall–Kier alpha value is -1.17. The lowest BCUT2D eigenvalue weighted by Crippen LogP contribution is -2.42. The fourth-order valence-corrected chi connectivity index (χ4v) is 4.24. The predicted octanol–water partition coefficient (Wildman–Crippen LogP) is 2.97. The van der Waals surface area contributed by atoms with Gasteiger partial charge in [-0.1, -0.05) is 13.8 Å². The Balaban J connectivity index is 1.48. The summed E-state index contributed by atoms with van der Waals surface area (Å²) in [6, 6.07) is 0. The molecule has 6 heteroatoms. The van der Waals surface area contributed by atoms with Gasteiger partial charge in [0.05, 0.1) is 0 Å². The third kappa shape index (κ3) is 4.43. The number of aromatic nitrogens is 2. The first-order chi connectivity index (χ1) is 11.1. The van der Waals surface area contributed by atoms with Gasteiger partial charge in [-0.05, 0) is 37.5 Å². The second-order valence-electron chi connectivity index (χ2n) is 7.32. The maximum absolute atomic E-state index is 11.9. The van der Waals surface area contributed by atoms with Crippen LogP contribution in [0.1, 0.15) is 51.8 Å². The number of anilines is 1. The Morgan fingerprint density at radius 2 is 2.00 bits per heavy atom. The van der Waals surface area contributed by atoms with Crippen molar-refractivity contribution in [1.29, 1.82) is 0 Å². The summed E-state index contributed by atoms with van der Waals surface area (Å²) in [7, 11) is 0. The van der Waals surface area contributed by atoms with E-state index in [0.29, 0.717) is 17.7 Å². The van der Waals surface area contributed by atoms with Crippen molar-refractivity contribution in [2.45, 2.75) is 52.4 Å². The molecule has 0 radical (unpaired) electrons. The van der Waals surface area contributed by atoms with Gasteiger partial charge in [0.15, 0.2) is 0 Å². The fraction of sp³-hybridized carbons (Fsp3) is 0.824. The lowest BCUT2D eigenvalue weighted by molar-refractivity contribution is -0.134. The number of rotatable bonds is 5. The van der Waals surface area contributed by atoms with Gasteiger partial charge in [-0.2, -0.15) is 4.37 Å². The molecular formula is C17H28N4OS. The summed E-state index contributed by atoms with van der Waals surface area (Å²) >= 11 is 1.54. The zero-order valence-corrected chi connectivity index (χ0v) is 15.1. The summed E-state index contributed by atoms with van der Waals surface area (Å²) in [4.78, 5) is 21.1. The molecule has 0 bridgehead atoms. The summed E-state index contributed by atoms with van der Waals surface area (Å²) in [5.41, 5.74) is 0. The number of carbonyl (C=O) groups excluding carboxylic acids is 1. The number of hydrogen-bond donors (Lipinski definition) is 0. The lowest BCUT2D eigenvalue weighted by Gasteiger charge is -2.35. The normalized spacial score (nSPS) is 20.6. The van der Waals surface area contributed by atoms with Crippen LogP contribution in [0.5, 0.6) is 0 Å². The van der Waals surface area contributed by atoms with E-state index in [-0.39, 0.29) is 0 Å². The van der Waals surface area contributed by atoms with E-state index in [1.165, 1.54) is 18.0 Å². The molecule has 3 rings (SSSR count). The highest BCUT2D eigenvalue weighted by Gasteiger charge is 2.26. The molecule has 5 nitrogen and oxygen atoms in total. The summed E-state index contributed by atoms with van der Waals surface area (Å²) in [6.07, 6.45) is 6.27. The lowest BCUT2D eigenvalue weighted by atomic mass is 9.95. The number of amides is 1. The molecule has 0 saturated carbocycles. The minimum atomic E-state index is 0.362. The van der Waals surface area contributed by atoms with Gasteiger partial charge >= 0.3 is 0 Å². The standard InChI is InChI=1S/C17H28N4OS/c1-13(2)11-15-18-17(23-19-15)20-9-6-14(7-10-20)12-21-8-4-3-5-16(21)22/h13-14H,3-12H2,1-2H3. The molecule has 0 spiro atoms. The van der Waals surface area contributed by atoms with E-state index in [2.05, 4.69) is 28.0 Å². The number of nitrogens with zero attached hydrogens (tertiary/aromatic N) is 4. The minimum absolute atomic E-state index is 0.362. The molecule has 1 aromatic heterocycles. The Kier molecular flexibility index (Phi) is 5.51. The van der Waals surface area contributed by atoms with Gasteiger partial charge in [0, 0.05) is 50.6 Å². The molecule has 0 atom stereocenters. The average molecular weight is 337 g/mol. The van der Waals surface area contributed by atoms with Gasteiger partial charge in [-0.3, -0.25) is 4.79 Å². The zero-order valence-electron chi connectivity index (χ0n) is 14.3. The van der Waals surface area contributed by atoms with E-state index in [9.17, 15) is 4.79 Å². The van der Waals surface area contributed by atoms with Gasteiger partial charge in [0.2, 0.25) is 11.0 Å². The van der Waals surface area contributed by atoms with Crippen LogP contribution >= 0.6 is 11.5 Å². The van der Waals surface area contributed by atoms with Gasteiger partial charge < -0.3 is 9.80 Å². The largest absolute Gasteiger partial charge is 0.347 e. The van der Waals surface area contributed by atoms with Gasteiger partial charge in [0.25, 0.3) is 0 Å². The van der Waals surface area contributed by atoms with Crippen molar-refractivity contribution in [3.8, 4) is 0 Å². The topological polar surface area (TPSA) is 49.3 Å². The molecule has 1 amide bonds. The van der Waals surface area contributed by atoms with Crippen LogP contribution in [0.4, 0.5) is 5.13 Å². The Morgan fingerprint density at radius 1 is 1.22 bits per heavy atom. The first kappa shape index (κ1) is 16.7. The monoisotopic (exact) mass is 336 g/mol. The summed E-state index contributed by atoms with van der Waals surface area (Å²) in [6.45, 7) is 8.42. The van der Waals surface area contributed by atoms with E-state index >= 15 is 0 Å². The van der Waals surface area contributed by atoms with E-state index in [0.717, 1.165) is 69.2 Å². The van der Waals surface area contributed by atoms with Crippen LogP contribution in [-0.2, 0) is 11.2 Å². The van der Waals surface area contributed by atoms with Crippen molar-refractivity contribution in [1.82, 2.24) is 14.3 Å². The van der Waals surface area contributed by atoms with E-state index in [4.69, 9.17) is 4.98 Å². The molecule has 128 valence electrons. The maximum atomic E-state index is 11.9. The highest BCUT2D eigenvalue weighted by Crippen LogP contribution is 2.26. The molecule has 0 aliphatic carbocycles. The number of likely N-dealkylation sites (tertiary alicyclic amines) is 1. The van der Waals surface area contributed by atoms with Crippen molar-refractivity contribution in [2.75, 3.05) is 31.1 Å². The minimum Gasteiger partial charge on any atom is -0.347 e. The molecule has 0 aromatic carbocycles. The SMILES string of the molecule is CC(C)Cc1nsc(N2CCC(CN3CCCCC3=O)CC2)n1. The van der Waals surface area contributed by atoms with Crippen LogP contribution in [0.3, 0.4) is 0 Å². The second-order valence-corrected chi connectivity index (χ2v) is 8.05. The van der Waals surface area contributed by atoms with Gasteiger partial charge in [-0.25, -0.2) is 4.98 Å². The van der Waals surface area contributed by atoms with E-state index in [1.807, 2.05) is 0 Å². The summed E-state index contributed by atoms with van der Waals surface area (Å²) in [5.74, 6) is 2.60. The Bertz CT molecular complexity index is 522. The van der Waals surface area contributed by atoms with E-state index < -0.39 is 0 Å². The molecule has 2 fully saturated rings. The zero-order chi connectivity index (χ0) is 16.2. The average Bonchev–Trinajstić information content (AvgIpc) is 2.98. The molecular weight excluding hydrogens is 308 g/mol. The molecule has 2 aliphatic heterocycles. The number of carbonyl (C=O) groups is 1. The molecule has 3 heterocycles. The van der Waals surface area contributed by atoms with Crippen LogP contribution in [0.15, 0.2) is 0 Å². The van der Waals surface area contributed by atoms with Gasteiger partial charge in [0.1, 0.15) is 5.82 Å². The molecule has 2 saturated heterocycles. The molecule has 2 aliphatic rings. The summed E-state index contributed by atoms with van der Waals surface area (Å²) < 4.78 is 4.49. The van der Waals surface area contributed by atoms with Crippen molar-refractivity contribution < 1.29 is 4.79 Å². The highest BCUT2D eigenvalue weighted by atomic mass is 32.1. The van der Waals surface area contributed by atoms with E-state index in [1.54, 1.807) is 0 Å². The first-order valence-corrected chi connectivity index (χ1v) is 9.74. The Morgan fingerprint density at radius 3 is 2.70 bits per heavy atom. The van der Waals surface area contributed by atoms with Crippen molar-refractivity contribution in [3.05, 3.63) is 5.82 Å². The number of piperidine rings is 2. The highest BCUT2D eigenvalue weighted by molar-refractivity contribution is 7.09. The molecule has 1 aromatic rings. The quantitative estimate of drug-likeness (QED) is 0.829. The molecule has 23 heavy (non-hydrogen) atoms. The third-order valence-corrected chi connectivity index (χ3v) is 5.65. The van der Waals surface area contributed by atoms with Crippen LogP contribution < -0.4 is 4.90 Å². The maximum Gasteiger partial charge on any atom is 0.222 e. The van der Waals surface area contributed by atoms with Crippen LogP contribution in [0.25, 0.3) is 0 Å². The molecule has 0 unspecified atom stereocenters. The van der Waals surface area contributed by atoms with Crippen LogP contribution in [0.2, 0.25) is 0 Å². The van der Waals surface area contributed by atoms with Crippen molar-refractivity contribution >= 4 is 22.6 Å². The fourth-order valence-electron chi connectivity index (χ4n) is 3.49. The Labute approximate surface area is 143 Å². The predicted molar refractivity (Wildman–Crippen MR) is 93.8 cm³/mol. The summed E-state index contributed by atoms with van der Waals surface area (Å²) in [5, 5.41) is 1.08. The second kappa shape index (κ2) is 7.60. The third-order valence-electron chi connectivity index (χ3n) is 4.83. The molecule has 0 N–H and O–H groups in total. The van der Waals surface area contributed by atoms with Gasteiger partial charge in [-0.15, -0.1) is 0 Å². The van der Waals surface area contributed by atoms with Crippen molar-refractivity contribution in [3.63, 3.8) is 0 Å². The smallest absolute Gasteiger partial charge is 0.222 e. The van der Waals surface area contributed by atoms with Crippen LogP contribution in [-0.4, -0.2) is 46.3 Å². The van der Waals surface area contributed by atoms with Crippen LogP contribution in [0, 0.1) is 11.8 Å².